The van der Waals surface area contributed by atoms with Crippen molar-refractivity contribution in [1.82, 2.24) is 4.90 Å². The smallest absolute Gasteiger partial charge is 0.310 e. The van der Waals surface area contributed by atoms with Crippen molar-refractivity contribution < 1.29 is 33.6 Å². The zero-order valence-corrected chi connectivity index (χ0v) is 19.9. The Kier molecular flexibility index (Phi) is 9.68. The second-order valence-corrected chi connectivity index (χ2v) is 8.13. The van der Waals surface area contributed by atoms with E-state index in [-0.39, 0.29) is 19.0 Å². The molecule has 0 aromatic heterocycles. The van der Waals surface area contributed by atoms with Gasteiger partial charge < -0.3 is 29.0 Å². The molecule has 1 aromatic rings. The Hall–Kier alpha value is -2.42. The topological polar surface area (TPSA) is 94.5 Å². The van der Waals surface area contributed by atoms with Crippen molar-refractivity contribution in [2.24, 2.45) is 0 Å². The second-order valence-electron chi connectivity index (χ2n) is 8.13. The van der Waals surface area contributed by atoms with Gasteiger partial charge in [0.1, 0.15) is 18.1 Å². The number of carbonyl (C=O) groups is 2. The zero-order valence-electron chi connectivity index (χ0n) is 19.9. The molecule has 0 spiro atoms. The van der Waals surface area contributed by atoms with Crippen LogP contribution in [0.15, 0.2) is 11.6 Å². The van der Waals surface area contributed by atoms with Crippen molar-refractivity contribution in [1.29, 1.82) is 0 Å². The molecule has 8 heteroatoms. The number of ether oxygens (including phenoxy) is 4. The van der Waals surface area contributed by atoms with Crippen LogP contribution in [0.5, 0.6) is 11.5 Å². The van der Waals surface area contributed by atoms with Gasteiger partial charge in [-0.1, -0.05) is 18.6 Å². The minimum atomic E-state index is -1.16. The number of benzene rings is 1. The van der Waals surface area contributed by atoms with Crippen LogP contribution in [-0.4, -0.2) is 56.3 Å². The maximum Gasteiger partial charge on any atom is 0.310 e. The fraction of sp³-hybridized carbons (Fsp3) is 0.583. The average Bonchev–Trinajstić information content (AvgIpc) is 3.14. The SMILES string of the molecule is CCC(=O)Oc1c(C/C=C(\C)CCC(=O)OCCN(C)C)c(OC)c(C)c2c1C(O)OC2. The highest BCUT2D eigenvalue weighted by Crippen LogP contribution is 2.46. The molecule has 0 radical (unpaired) electrons. The number of esters is 2. The van der Waals surface area contributed by atoms with Crippen molar-refractivity contribution >= 4 is 11.9 Å². The Morgan fingerprint density at radius 3 is 2.56 bits per heavy atom. The van der Waals surface area contributed by atoms with Crippen molar-refractivity contribution in [3.8, 4) is 11.5 Å². The molecule has 0 aliphatic carbocycles. The molecule has 1 heterocycles. The van der Waals surface area contributed by atoms with Gasteiger partial charge in [-0.25, -0.2) is 0 Å². The molecule has 32 heavy (non-hydrogen) atoms. The quantitative estimate of drug-likeness (QED) is 0.313. The van der Waals surface area contributed by atoms with E-state index in [2.05, 4.69) is 0 Å². The maximum atomic E-state index is 12.1. The molecule has 178 valence electrons. The third-order valence-electron chi connectivity index (χ3n) is 5.43. The van der Waals surface area contributed by atoms with Gasteiger partial charge in [0.25, 0.3) is 0 Å². The predicted molar refractivity (Wildman–Crippen MR) is 120 cm³/mol. The molecule has 1 atom stereocenters. The van der Waals surface area contributed by atoms with Crippen molar-refractivity contribution in [2.45, 2.75) is 59.4 Å². The number of likely N-dealkylation sites (N-methyl/N-ethyl adjacent to an activating group) is 1. The first kappa shape index (κ1) is 25.8. The van der Waals surface area contributed by atoms with Crippen molar-refractivity contribution in [2.75, 3.05) is 34.4 Å². The minimum absolute atomic E-state index is 0.201. The molecule has 1 aromatic carbocycles. The number of hydrogen-bond acceptors (Lipinski definition) is 8. The van der Waals surface area contributed by atoms with Crippen LogP contribution in [0.4, 0.5) is 0 Å². The standard InChI is InChI=1S/C24H35NO7/c1-7-19(26)32-23-17(22(29-6)16(3)18-14-31-24(28)21(18)23)10-8-15(2)9-11-20(27)30-13-12-25(4)5/h8,24,28H,7,9-14H2,1-6H3/b15-8+. The van der Waals surface area contributed by atoms with Gasteiger partial charge in [-0.15, -0.1) is 0 Å². The van der Waals surface area contributed by atoms with Gasteiger partial charge in [-0.2, -0.15) is 0 Å². The Morgan fingerprint density at radius 2 is 1.94 bits per heavy atom. The van der Waals surface area contributed by atoms with Gasteiger partial charge in [0, 0.05) is 24.9 Å². The van der Waals surface area contributed by atoms with E-state index in [1.165, 1.54) is 0 Å². The summed E-state index contributed by atoms with van der Waals surface area (Å²) in [6, 6.07) is 0. The lowest BCUT2D eigenvalue weighted by Gasteiger charge is -2.20. The summed E-state index contributed by atoms with van der Waals surface area (Å²) in [6.45, 7) is 6.83. The summed E-state index contributed by atoms with van der Waals surface area (Å²) in [7, 11) is 5.41. The first-order valence-corrected chi connectivity index (χ1v) is 10.9. The molecule has 2 rings (SSSR count). The molecule has 8 nitrogen and oxygen atoms in total. The molecule has 0 amide bonds. The molecule has 0 bridgehead atoms. The fourth-order valence-corrected chi connectivity index (χ4v) is 3.52. The lowest BCUT2D eigenvalue weighted by Crippen LogP contribution is -2.20. The predicted octanol–water partition coefficient (Wildman–Crippen LogP) is 3.21. The molecule has 1 aliphatic heterocycles. The molecule has 1 aliphatic rings. The van der Waals surface area contributed by atoms with Crippen LogP contribution in [-0.2, 0) is 32.1 Å². The molecular weight excluding hydrogens is 414 g/mol. The maximum absolute atomic E-state index is 12.1. The Bertz CT molecular complexity index is 861. The van der Waals surface area contributed by atoms with Crippen LogP contribution in [0.3, 0.4) is 0 Å². The fourth-order valence-electron chi connectivity index (χ4n) is 3.52. The molecule has 1 N–H and O–H groups in total. The van der Waals surface area contributed by atoms with Crippen LogP contribution in [0.2, 0.25) is 0 Å². The highest BCUT2D eigenvalue weighted by atomic mass is 16.6. The van der Waals surface area contributed by atoms with E-state index in [4.69, 9.17) is 18.9 Å². The van der Waals surface area contributed by atoms with Crippen molar-refractivity contribution in [3.05, 3.63) is 33.9 Å². The zero-order chi connectivity index (χ0) is 23.8. The number of hydrogen-bond donors (Lipinski definition) is 1. The molecule has 0 saturated heterocycles. The van der Waals surface area contributed by atoms with Crippen LogP contribution in [0.1, 0.15) is 61.7 Å². The highest BCUT2D eigenvalue weighted by Gasteiger charge is 2.33. The van der Waals surface area contributed by atoms with E-state index in [0.29, 0.717) is 55.0 Å². The largest absolute Gasteiger partial charge is 0.496 e. The van der Waals surface area contributed by atoms with E-state index in [1.807, 2.05) is 38.9 Å². The van der Waals surface area contributed by atoms with Gasteiger partial charge in [-0.05, 0) is 51.9 Å². The second kappa shape index (κ2) is 12.0. The Labute approximate surface area is 190 Å². The van der Waals surface area contributed by atoms with Crippen LogP contribution >= 0.6 is 0 Å². The van der Waals surface area contributed by atoms with Crippen LogP contribution in [0, 0.1) is 6.92 Å². The highest BCUT2D eigenvalue weighted by molar-refractivity contribution is 5.75. The van der Waals surface area contributed by atoms with Gasteiger partial charge in [0.2, 0.25) is 0 Å². The summed E-state index contributed by atoms with van der Waals surface area (Å²) in [6.07, 6.45) is 2.28. The first-order valence-electron chi connectivity index (χ1n) is 10.9. The number of aliphatic hydroxyl groups excluding tert-OH is 1. The monoisotopic (exact) mass is 449 g/mol. The van der Waals surface area contributed by atoms with Crippen LogP contribution < -0.4 is 9.47 Å². The van der Waals surface area contributed by atoms with Crippen LogP contribution in [0.25, 0.3) is 0 Å². The lowest BCUT2D eigenvalue weighted by atomic mass is 9.94. The Balaban J connectivity index is 2.22. The first-order chi connectivity index (χ1) is 15.2. The average molecular weight is 450 g/mol. The summed E-state index contributed by atoms with van der Waals surface area (Å²) in [5.41, 5.74) is 3.78. The van der Waals surface area contributed by atoms with Gasteiger partial charge >= 0.3 is 11.9 Å². The number of carbonyl (C=O) groups excluding carboxylic acids is 2. The number of nitrogens with zero attached hydrogens (tertiary/aromatic N) is 1. The summed E-state index contributed by atoms with van der Waals surface area (Å²) >= 11 is 0. The summed E-state index contributed by atoms with van der Waals surface area (Å²) < 4.78 is 21.9. The van der Waals surface area contributed by atoms with E-state index in [0.717, 1.165) is 16.7 Å². The molecule has 0 saturated carbocycles. The lowest BCUT2D eigenvalue weighted by molar-refractivity contribution is -0.143. The van der Waals surface area contributed by atoms with E-state index < -0.39 is 12.3 Å². The molecular formula is C24H35NO7. The van der Waals surface area contributed by atoms with E-state index >= 15 is 0 Å². The number of fused-ring (bicyclic) bond motifs is 1. The number of allylic oxidation sites excluding steroid dienone is 2. The Morgan fingerprint density at radius 1 is 1.22 bits per heavy atom. The summed E-state index contributed by atoms with van der Waals surface area (Å²) in [5.74, 6) is 0.266. The minimum Gasteiger partial charge on any atom is -0.496 e. The normalized spacial score (nSPS) is 15.6. The van der Waals surface area contributed by atoms with Crippen molar-refractivity contribution in [3.63, 3.8) is 0 Å². The van der Waals surface area contributed by atoms with E-state index in [1.54, 1.807) is 14.0 Å². The number of methoxy groups -OCH3 is 1. The van der Waals surface area contributed by atoms with Gasteiger partial charge in [0.05, 0.1) is 19.3 Å². The van der Waals surface area contributed by atoms with Gasteiger partial charge in [0.15, 0.2) is 6.29 Å². The number of aliphatic hydroxyl groups is 1. The summed E-state index contributed by atoms with van der Waals surface area (Å²) in [5, 5.41) is 10.4. The molecule has 1 unspecified atom stereocenters. The van der Waals surface area contributed by atoms with Gasteiger partial charge in [-0.3, -0.25) is 9.59 Å². The van der Waals surface area contributed by atoms with E-state index in [9.17, 15) is 14.7 Å². The third-order valence-corrected chi connectivity index (χ3v) is 5.43. The number of rotatable bonds is 11. The molecule has 0 fully saturated rings. The third kappa shape index (κ3) is 6.54. The summed E-state index contributed by atoms with van der Waals surface area (Å²) in [4.78, 5) is 26.0.